The molecule has 4 aliphatic rings. The van der Waals surface area contributed by atoms with Gasteiger partial charge in [-0.3, -0.25) is 0 Å². The molecular weight excluding hydrogens is 649 g/mol. The Balaban J connectivity index is 1.24. The Morgan fingerprint density at radius 3 is 1.84 bits per heavy atom. The van der Waals surface area contributed by atoms with Crippen molar-refractivity contribution in [2.45, 2.75) is 55.4 Å². The van der Waals surface area contributed by atoms with E-state index in [1.54, 1.807) is 11.8 Å². The number of hydrogen-bond donors (Lipinski definition) is 0. The minimum absolute atomic E-state index is 0.0364. The van der Waals surface area contributed by atoms with Gasteiger partial charge >= 0.3 is 0 Å². The second kappa shape index (κ2) is 13.2. The molecule has 0 bridgehead atoms. The van der Waals surface area contributed by atoms with Crippen molar-refractivity contribution in [2.75, 3.05) is 68.7 Å². The van der Waals surface area contributed by atoms with Gasteiger partial charge in [0.05, 0.1) is 26.4 Å². The number of morpholine rings is 2. The maximum atomic E-state index is 7.81. The van der Waals surface area contributed by atoms with Gasteiger partial charge in [0.15, 0.2) is 5.60 Å². The van der Waals surface area contributed by atoms with Crippen LogP contribution in [0.25, 0.3) is 21.9 Å². The van der Waals surface area contributed by atoms with Gasteiger partial charge in [0, 0.05) is 64.4 Å². The molecule has 0 N–H and O–H groups in total. The zero-order valence-electron chi connectivity index (χ0n) is 30.2. The summed E-state index contributed by atoms with van der Waals surface area (Å²) >= 11 is 1.80. The molecule has 0 spiro atoms. The van der Waals surface area contributed by atoms with Gasteiger partial charge in [-0.25, -0.2) is 0 Å². The lowest BCUT2D eigenvalue weighted by atomic mass is 9.69. The Morgan fingerprint density at radius 2 is 1.27 bits per heavy atom. The molecule has 2 fully saturated rings. The zero-order chi connectivity index (χ0) is 34.6. The smallest absolute Gasteiger partial charge is 0.159 e. The molecule has 0 amide bonds. The fourth-order valence-electron chi connectivity index (χ4n) is 9.64. The van der Waals surface area contributed by atoms with E-state index in [9.17, 15) is 0 Å². The highest BCUT2D eigenvalue weighted by Gasteiger charge is 2.48. The number of nitrogens with zero attached hydrogens (tertiary/aromatic N) is 2. The average molecular weight is 697 g/mol. The quantitative estimate of drug-likeness (QED) is 0.158. The number of thioether (sulfide) groups is 1. The normalized spacial score (nSPS) is 19.0. The summed E-state index contributed by atoms with van der Waals surface area (Å²) in [6.45, 7) is 11.5. The monoisotopic (exact) mass is 696 g/mol. The van der Waals surface area contributed by atoms with Crippen LogP contribution in [-0.4, -0.2) is 58.9 Å². The topological polar surface area (TPSA) is 34.2 Å². The Labute approximate surface area is 306 Å². The first-order valence-electron chi connectivity index (χ1n) is 18.9. The van der Waals surface area contributed by atoms with Gasteiger partial charge in [0.1, 0.15) is 5.75 Å². The van der Waals surface area contributed by atoms with E-state index in [4.69, 9.17) is 14.2 Å². The van der Waals surface area contributed by atoms with Crippen molar-refractivity contribution in [3.63, 3.8) is 0 Å². The molecule has 3 heterocycles. The lowest BCUT2D eigenvalue weighted by Crippen LogP contribution is -2.40. The molecule has 0 unspecified atom stereocenters. The van der Waals surface area contributed by atoms with Crippen LogP contribution in [0.1, 0.15) is 60.9 Å². The third-order valence-corrected chi connectivity index (χ3v) is 13.1. The van der Waals surface area contributed by atoms with Crippen molar-refractivity contribution in [2.24, 2.45) is 0 Å². The summed E-state index contributed by atoms with van der Waals surface area (Å²) in [5, 5.41) is 2.53. The molecule has 5 nitrogen and oxygen atoms in total. The van der Waals surface area contributed by atoms with E-state index >= 15 is 0 Å². The Kier molecular flexibility index (Phi) is 8.53. The SMILES string of the molecule is CCC1(CC)c2ccccc2-c2c1c1c(c3cc(SC)ccc23)OC(c2ccc(N3CCOCC3)cc2)(c2ccc(N3CCOCC3)cc2)CC1. The zero-order valence-corrected chi connectivity index (χ0v) is 31.0. The lowest BCUT2D eigenvalue weighted by Gasteiger charge is -2.43. The maximum absolute atomic E-state index is 7.81. The first-order valence-corrected chi connectivity index (χ1v) is 20.1. The predicted molar refractivity (Wildman–Crippen MR) is 211 cm³/mol. The number of hydrogen-bond acceptors (Lipinski definition) is 6. The number of benzene rings is 5. The van der Waals surface area contributed by atoms with Crippen molar-refractivity contribution >= 4 is 33.9 Å². The summed E-state index contributed by atoms with van der Waals surface area (Å²) in [5.74, 6) is 1.07. The van der Waals surface area contributed by atoms with Crippen LogP contribution >= 0.6 is 11.8 Å². The van der Waals surface area contributed by atoms with Crippen LogP contribution in [0, 0.1) is 0 Å². The first kappa shape index (κ1) is 32.9. The Bertz CT molecular complexity index is 2000. The third-order valence-electron chi connectivity index (χ3n) is 12.4. The number of anilines is 2. The molecule has 0 atom stereocenters. The van der Waals surface area contributed by atoms with Crippen LogP contribution < -0.4 is 14.5 Å². The molecule has 262 valence electrons. The summed E-state index contributed by atoms with van der Waals surface area (Å²) < 4.78 is 19.1. The number of ether oxygens (including phenoxy) is 3. The van der Waals surface area contributed by atoms with Crippen LogP contribution in [0.5, 0.6) is 5.75 Å². The molecule has 9 rings (SSSR count). The standard InChI is InChI=1S/C45H48N2O3S/c1-4-44(5-2)40-9-7-6-8-37(40)41-36-19-18-35(51-3)30-39(36)43-38(42(41)44)20-21-45(50-43,31-10-14-33(15-11-31)46-22-26-48-27-23-46)32-12-16-34(17-13-32)47-24-28-49-29-25-47/h6-19,30H,4-5,20-29H2,1-3H3. The van der Waals surface area contributed by atoms with Gasteiger partial charge < -0.3 is 24.0 Å². The highest BCUT2D eigenvalue weighted by Crippen LogP contribution is 2.61. The molecule has 2 saturated heterocycles. The van der Waals surface area contributed by atoms with E-state index < -0.39 is 5.60 Å². The Hall–Kier alpha value is -3.97. The molecule has 51 heavy (non-hydrogen) atoms. The predicted octanol–water partition coefficient (Wildman–Crippen LogP) is 9.59. The van der Waals surface area contributed by atoms with Gasteiger partial charge in [-0.1, -0.05) is 68.4 Å². The van der Waals surface area contributed by atoms with E-state index in [1.807, 2.05) is 0 Å². The molecule has 5 aromatic rings. The van der Waals surface area contributed by atoms with Gasteiger partial charge in [0.2, 0.25) is 0 Å². The minimum atomic E-state index is -0.636. The highest BCUT2D eigenvalue weighted by atomic mass is 32.2. The summed E-state index contributed by atoms with van der Waals surface area (Å²) in [5.41, 5.74) is 11.4. The van der Waals surface area contributed by atoms with E-state index in [-0.39, 0.29) is 5.41 Å². The summed E-state index contributed by atoms with van der Waals surface area (Å²) in [7, 11) is 0. The van der Waals surface area contributed by atoms with Crippen LogP contribution in [0.4, 0.5) is 11.4 Å². The van der Waals surface area contributed by atoms with Gasteiger partial charge in [-0.2, -0.15) is 0 Å². The molecule has 0 aromatic heterocycles. The van der Waals surface area contributed by atoms with Crippen LogP contribution in [-0.2, 0) is 26.9 Å². The minimum Gasteiger partial charge on any atom is -0.477 e. The summed E-state index contributed by atoms with van der Waals surface area (Å²) in [6, 6.07) is 34.7. The maximum Gasteiger partial charge on any atom is 0.159 e. The summed E-state index contributed by atoms with van der Waals surface area (Å²) in [6.07, 6.45) is 6.11. The van der Waals surface area contributed by atoms with E-state index in [0.29, 0.717) is 0 Å². The van der Waals surface area contributed by atoms with Crippen LogP contribution in [0.2, 0.25) is 0 Å². The Morgan fingerprint density at radius 1 is 0.686 bits per heavy atom. The molecule has 3 aliphatic heterocycles. The van der Waals surface area contributed by atoms with Gasteiger partial charge in [-0.15, -0.1) is 11.8 Å². The van der Waals surface area contributed by atoms with Crippen molar-refractivity contribution in [1.82, 2.24) is 0 Å². The average Bonchev–Trinajstić information content (AvgIpc) is 3.52. The largest absolute Gasteiger partial charge is 0.477 e. The van der Waals surface area contributed by atoms with Crippen molar-refractivity contribution in [1.29, 1.82) is 0 Å². The highest BCUT2D eigenvalue weighted by molar-refractivity contribution is 7.98. The van der Waals surface area contributed by atoms with Gasteiger partial charge in [-0.05, 0) is 102 Å². The molecule has 0 radical (unpaired) electrons. The number of rotatable bonds is 7. The molecule has 0 saturated carbocycles. The second-order valence-corrected chi connectivity index (χ2v) is 15.4. The summed E-state index contributed by atoms with van der Waals surface area (Å²) in [4.78, 5) is 6.13. The van der Waals surface area contributed by atoms with Crippen molar-refractivity contribution in [3.05, 3.63) is 119 Å². The lowest BCUT2D eigenvalue weighted by molar-refractivity contribution is 0.0865. The van der Waals surface area contributed by atoms with E-state index in [2.05, 4.69) is 121 Å². The molecule has 5 aromatic carbocycles. The van der Waals surface area contributed by atoms with Crippen LogP contribution in [0.3, 0.4) is 0 Å². The van der Waals surface area contributed by atoms with Crippen LogP contribution in [0.15, 0.2) is 95.9 Å². The van der Waals surface area contributed by atoms with Crippen molar-refractivity contribution in [3.8, 4) is 16.9 Å². The third kappa shape index (κ3) is 5.20. The van der Waals surface area contributed by atoms with E-state index in [1.165, 1.54) is 66.0 Å². The van der Waals surface area contributed by atoms with Gasteiger partial charge in [0.25, 0.3) is 0 Å². The number of fused-ring (bicyclic) bond motifs is 8. The fourth-order valence-corrected chi connectivity index (χ4v) is 10.1. The second-order valence-electron chi connectivity index (χ2n) is 14.5. The molecule has 6 heteroatoms. The molecule has 1 aliphatic carbocycles. The van der Waals surface area contributed by atoms with Crippen molar-refractivity contribution < 1.29 is 14.2 Å². The first-order chi connectivity index (χ1) is 25.1. The molecular formula is C45H48N2O3S. The van der Waals surface area contributed by atoms with E-state index in [0.717, 1.165) is 84.0 Å². The fraction of sp³-hybridized carbons (Fsp3) is 0.378.